The molecule has 1 aromatic rings. The third kappa shape index (κ3) is 4.77. The van der Waals surface area contributed by atoms with Crippen molar-refractivity contribution in [3.05, 3.63) is 16.1 Å². The number of nitrogens with zero attached hydrogens (tertiary/aromatic N) is 2. The fourth-order valence-electron chi connectivity index (χ4n) is 3.13. The van der Waals surface area contributed by atoms with Crippen LogP contribution in [0.2, 0.25) is 0 Å². The fourth-order valence-corrected chi connectivity index (χ4v) is 4.05. The Morgan fingerprint density at radius 1 is 1.43 bits per heavy atom. The average Bonchev–Trinajstić information content (AvgIpc) is 3.01. The maximum atomic E-state index is 11.9. The van der Waals surface area contributed by atoms with E-state index < -0.39 is 0 Å². The zero-order chi connectivity index (χ0) is 17.0. The van der Waals surface area contributed by atoms with Crippen LogP contribution in [-0.4, -0.2) is 34.9 Å². The average molecular weight is 338 g/mol. The molecule has 1 amide bonds. The van der Waals surface area contributed by atoms with Gasteiger partial charge in [-0.25, -0.2) is 4.98 Å². The smallest absolute Gasteiger partial charge is 0.222 e. The highest BCUT2D eigenvalue weighted by atomic mass is 32.1. The van der Waals surface area contributed by atoms with Gasteiger partial charge >= 0.3 is 0 Å². The Kier molecular flexibility index (Phi) is 6.20. The molecule has 5 heteroatoms. The van der Waals surface area contributed by atoms with Gasteiger partial charge in [0, 0.05) is 48.6 Å². The predicted octanol–water partition coefficient (Wildman–Crippen LogP) is 3.57. The normalized spacial score (nSPS) is 22.4. The standard InChI is InChI=1S/C18H31N3OS/c1-6-13-12-21(16(22)7-2)9-8-15(13)19-10-14-11-20-17(23-14)18(3,4)5/h11,13,15,19H,6-10,12H2,1-5H3/t13-,15-/m0/s1. The van der Waals surface area contributed by atoms with Crippen molar-refractivity contribution in [2.24, 2.45) is 5.92 Å². The molecule has 1 aliphatic rings. The Hall–Kier alpha value is -0.940. The Morgan fingerprint density at radius 3 is 2.74 bits per heavy atom. The second kappa shape index (κ2) is 7.75. The molecule has 0 aromatic carbocycles. The maximum Gasteiger partial charge on any atom is 0.222 e. The molecule has 4 nitrogen and oxygen atoms in total. The van der Waals surface area contributed by atoms with E-state index in [1.807, 2.05) is 29.4 Å². The third-order valence-electron chi connectivity index (χ3n) is 4.65. The van der Waals surface area contributed by atoms with Gasteiger partial charge in [0.25, 0.3) is 0 Å². The fraction of sp³-hybridized carbons (Fsp3) is 0.778. The molecule has 0 spiro atoms. The second-order valence-electron chi connectivity index (χ2n) is 7.52. The van der Waals surface area contributed by atoms with E-state index >= 15 is 0 Å². The number of aromatic nitrogens is 1. The van der Waals surface area contributed by atoms with E-state index in [9.17, 15) is 4.79 Å². The van der Waals surface area contributed by atoms with Crippen LogP contribution in [0.15, 0.2) is 6.20 Å². The van der Waals surface area contributed by atoms with E-state index in [2.05, 4.69) is 38.0 Å². The Balaban J connectivity index is 1.90. The number of amides is 1. The van der Waals surface area contributed by atoms with E-state index in [0.717, 1.165) is 32.5 Å². The molecule has 0 aliphatic carbocycles. The molecular formula is C18H31N3OS. The summed E-state index contributed by atoms with van der Waals surface area (Å²) in [6.07, 6.45) is 4.79. The van der Waals surface area contributed by atoms with Gasteiger partial charge in [-0.05, 0) is 12.3 Å². The number of rotatable bonds is 5. The Bertz CT molecular complexity index is 521. The number of hydrogen-bond donors (Lipinski definition) is 1. The molecule has 0 bridgehead atoms. The molecular weight excluding hydrogens is 306 g/mol. The summed E-state index contributed by atoms with van der Waals surface area (Å²) < 4.78 is 0. The van der Waals surface area contributed by atoms with E-state index in [1.165, 1.54) is 9.88 Å². The van der Waals surface area contributed by atoms with Crippen molar-refractivity contribution in [3.8, 4) is 0 Å². The molecule has 0 unspecified atom stereocenters. The number of hydrogen-bond acceptors (Lipinski definition) is 4. The summed E-state index contributed by atoms with van der Waals surface area (Å²) in [5.74, 6) is 0.841. The van der Waals surface area contributed by atoms with Crippen molar-refractivity contribution in [2.75, 3.05) is 13.1 Å². The third-order valence-corrected chi connectivity index (χ3v) is 6.07. The monoisotopic (exact) mass is 337 g/mol. The van der Waals surface area contributed by atoms with Crippen LogP contribution in [0.25, 0.3) is 0 Å². The van der Waals surface area contributed by atoms with Crippen molar-refractivity contribution < 1.29 is 4.79 Å². The zero-order valence-electron chi connectivity index (χ0n) is 15.2. The molecule has 130 valence electrons. The molecule has 23 heavy (non-hydrogen) atoms. The SMILES string of the molecule is CCC(=O)N1CC[C@H](NCc2cnc(C(C)(C)C)s2)[C@@H](CC)C1. The summed E-state index contributed by atoms with van der Waals surface area (Å²) in [7, 11) is 0. The van der Waals surface area contributed by atoms with Gasteiger partial charge in [0.2, 0.25) is 5.91 Å². The summed E-state index contributed by atoms with van der Waals surface area (Å²) in [5, 5.41) is 4.91. The van der Waals surface area contributed by atoms with Crippen LogP contribution in [0.1, 0.15) is 63.8 Å². The van der Waals surface area contributed by atoms with Crippen molar-refractivity contribution in [3.63, 3.8) is 0 Å². The van der Waals surface area contributed by atoms with Crippen molar-refractivity contribution in [1.82, 2.24) is 15.2 Å². The van der Waals surface area contributed by atoms with Gasteiger partial charge in [-0.2, -0.15) is 0 Å². The lowest BCUT2D eigenvalue weighted by atomic mass is 9.89. The first-order valence-electron chi connectivity index (χ1n) is 8.81. The largest absolute Gasteiger partial charge is 0.342 e. The highest BCUT2D eigenvalue weighted by Crippen LogP contribution is 2.27. The molecule has 0 saturated carbocycles. The number of carbonyl (C=O) groups excluding carboxylic acids is 1. The summed E-state index contributed by atoms with van der Waals surface area (Å²) in [5.41, 5.74) is 0.126. The van der Waals surface area contributed by atoms with Gasteiger partial charge in [-0.1, -0.05) is 41.0 Å². The second-order valence-corrected chi connectivity index (χ2v) is 8.63. The quantitative estimate of drug-likeness (QED) is 0.893. The molecule has 1 fully saturated rings. The number of likely N-dealkylation sites (tertiary alicyclic amines) is 1. The number of piperidine rings is 1. The molecule has 2 rings (SSSR count). The van der Waals surface area contributed by atoms with E-state index in [0.29, 0.717) is 24.3 Å². The Morgan fingerprint density at radius 2 is 2.17 bits per heavy atom. The minimum absolute atomic E-state index is 0.126. The van der Waals surface area contributed by atoms with E-state index in [4.69, 9.17) is 0 Å². The van der Waals surface area contributed by atoms with Crippen LogP contribution in [-0.2, 0) is 16.8 Å². The molecule has 2 atom stereocenters. The van der Waals surface area contributed by atoms with Gasteiger partial charge in [0.05, 0.1) is 5.01 Å². The molecule has 2 heterocycles. The van der Waals surface area contributed by atoms with Crippen molar-refractivity contribution in [2.45, 2.75) is 71.9 Å². The lowest BCUT2D eigenvalue weighted by Gasteiger charge is -2.38. The molecule has 1 saturated heterocycles. The number of thiazole rings is 1. The zero-order valence-corrected chi connectivity index (χ0v) is 16.0. The Labute approximate surface area is 144 Å². The van der Waals surface area contributed by atoms with Crippen molar-refractivity contribution >= 4 is 17.2 Å². The summed E-state index contributed by atoms with van der Waals surface area (Å²) >= 11 is 1.81. The lowest BCUT2D eigenvalue weighted by molar-refractivity contribution is -0.133. The minimum Gasteiger partial charge on any atom is -0.342 e. The first kappa shape index (κ1) is 18.4. The lowest BCUT2D eigenvalue weighted by Crippen LogP contribution is -2.50. The number of carbonyl (C=O) groups is 1. The van der Waals surface area contributed by atoms with Gasteiger partial charge in [0.1, 0.15) is 0 Å². The number of nitrogens with one attached hydrogen (secondary N) is 1. The van der Waals surface area contributed by atoms with Crippen LogP contribution >= 0.6 is 11.3 Å². The highest BCUT2D eigenvalue weighted by Gasteiger charge is 2.29. The maximum absolute atomic E-state index is 11.9. The summed E-state index contributed by atoms with van der Waals surface area (Å²) in [6, 6.07) is 0.501. The molecule has 1 aromatic heterocycles. The summed E-state index contributed by atoms with van der Waals surface area (Å²) in [4.78, 5) is 19.8. The van der Waals surface area contributed by atoms with Gasteiger partial charge in [-0.15, -0.1) is 11.3 Å². The summed E-state index contributed by atoms with van der Waals surface area (Å²) in [6.45, 7) is 13.5. The molecule has 1 N–H and O–H groups in total. The van der Waals surface area contributed by atoms with Crippen molar-refractivity contribution in [1.29, 1.82) is 0 Å². The van der Waals surface area contributed by atoms with Crippen LogP contribution < -0.4 is 5.32 Å². The topological polar surface area (TPSA) is 45.2 Å². The van der Waals surface area contributed by atoms with Gasteiger partial charge < -0.3 is 10.2 Å². The van der Waals surface area contributed by atoms with Crippen LogP contribution in [0, 0.1) is 5.92 Å². The van der Waals surface area contributed by atoms with E-state index in [1.54, 1.807) is 0 Å². The highest BCUT2D eigenvalue weighted by molar-refractivity contribution is 7.11. The first-order valence-corrected chi connectivity index (χ1v) is 9.63. The molecule has 0 radical (unpaired) electrons. The first-order chi connectivity index (χ1) is 10.8. The van der Waals surface area contributed by atoms with Crippen LogP contribution in [0.3, 0.4) is 0 Å². The predicted molar refractivity (Wildman–Crippen MR) is 96.7 cm³/mol. The minimum atomic E-state index is 0.126. The van der Waals surface area contributed by atoms with E-state index in [-0.39, 0.29) is 5.41 Å². The van der Waals surface area contributed by atoms with Crippen LogP contribution in [0.4, 0.5) is 0 Å². The molecule has 1 aliphatic heterocycles. The van der Waals surface area contributed by atoms with Gasteiger partial charge in [0.15, 0.2) is 0 Å². The van der Waals surface area contributed by atoms with Crippen LogP contribution in [0.5, 0.6) is 0 Å². The van der Waals surface area contributed by atoms with Gasteiger partial charge in [-0.3, -0.25) is 4.79 Å².